The number of hydrogen-bond donors (Lipinski definition) is 2. The quantitative estimate of drug-likeness (QED) is 0.292. The van der Waals surface area contributed by atoms with Crippen LogP contribution >= 0.6 is 22.9 Å². The Hall–Kier alpha value is -2.79. The first-order chi connectivity index (χ1) is 16.6. The van der Waals surface area contributed by atoms with Crippen LogP contribution in [0.1, 0.15) is 57.3 Å². The number of hydrogen-bond acceptors (Lipinski definition) is 7. The fraction of sp³-hybridized carbons (Fsp3) is 0.435. The topological polar surface area (TPSA) is 93.7 Å². The minimum atomic E-state index is -5.37. The normalized spacial score (nSPS) is 15.3. The molecule has 35 heavy (non-hydrogen) atoms. The van der Waals surface area contributed by atoms with Crippen LogP contribution in [0.5, 0.6) is 0 Å². The van der Waals surface area contributed by atoms with Gasteiger partial charge in [-0.2, -0.15) is 13.2 Å². The smallest absolute Gasteiger partial charge is 0.441 e. The molecule has 0 unspecified atom stereocenters. The van der Waals surface area contributed by atoms with E-state index in [9.17, 15) is 27.6 Å². The van der Waals surface area contributed by atoms with Crippen molar-refractivity contribution in [3.63, 3.8) is 0 Å². The highest BCUT2D eigenvalue weighted by Gasteiger charge is 2.64. The number of aryl methyl sites for hydroxylation is 1. The molecule has 1 amide bonds. The summed E-state index contributed by atoms with van der Waals surface area (Å²) < 4.78 is 53.5. The maximum atomic E-state index is 14.7. The van der Waals surface area contributed by atoms with E-state index in [2.05, 4.69) is 5.32 Å². The molecule has 0 radical (unpaired) electrons. The van der Waals surface area contributed by atoms with Gasteiger partial charge in [0.15, 0.2) is 0 Å². The lowest BCUT2D eigenvalue weighted by molar-refractivity contribution is -0.204. The summed E-state index contributed by atoms with van der Waals surface area (Å²) in [5.74, 6) is -3.89. The van der Waals surface area contributed by atoms with Gasteiger partial charge in [-0.15, -0.1) is 11.3 Å². The van der Waals surface area contributed by atoms with Gasteiger partial charge in [-0.1, -0.05) is 30.2 Å². The van der Waals surface area contributed by atoms with Crippen molar-refractivity contribution in [3.8, 4) is 0 Å². The Labute approximate surface area is 208 Å². The average molecular weight is 533 g/mol. The Morgan fingerprint density at radius 3 is 2.43 bits per heavy atom. The molecular formula is C23H24ClF3N2O5S. The van der Waals surface area contributed by atoms with Crippen LogP contribution < -0.4 is 10.6 Å². The molecule has 3 rings (SSSR count). The molecule has 7 nitrogen and oxygen atoms in total. The van der Waals surface area contributed by atoms with Crippen LogP contribution in [0.15, 0.2) is 24.3 Å². The van der Waals surface area contributed by atoms with Crippen molar-refractivity contribution in [1.82, 2.24) is 5.32 Å². The second-order valence-electron chi connectivity index (χ2n) is 7.79. The molecule has 0 spiro atoms. The molecule has 1 atom stereocenters. The zero-order valence-corrected chi connectivity index (χ0v) is 20.6. The maximum Gasteiger partial charge on any atom is 0.441 e. The van der Waals surface area contributed by atoms with Crippen LogP contribution in [-0.2, 0) is 27.1 Å². The van der Waals surface area contributed by atoms with Crippen LogP contribution in [0.25, 0.3) is 0 Å². The number of ether oxygens (including phenoxy) is 2. The number of anilines is 1. The number of halogens is 4. The van der Waals surface area contributed by atoms with E-state index in [0.717, 1.165) is 42.6 Å². The van der Waals surface area contributed by atoms with E-state index in [1.165, 1.54) is 31.2 Å². The number of amides is 1. The molecule has 1 aromatic carbocycles. The third-order valence-corrected chi connectivity index (χ3v) is 7.08. The summed E-state index contributed by atoms with van der Waals surface area (Å²) in [5.41, 5.74) is -3.48. The minimum absolute atomic E-state index is 0.0840. The number of carbonyl (C=O) groups is 3. The summed E-state index contributed by atoms with van der Waals surface area (Å²) in [6.45, 7) is 0.952. The summed E-state index contributed by atoms with van der Waals surface area (Å²) in [5, 5.41) is 3.55. The molecule has 2 N–H and O–H groups in total. The Morgan fingerprint density at radius 2 is 1.80 bits per heavy atom. The standard InChI is InChI=1S/C23H24ClF3N2O5S/c1-3-34-21(32)22(23(25,26)27,28-18(30)13-9-7-8-11-15(13)24)29-19-17(20(31)33-2)14-10-5-4-6-12-16(14)35-19/h7-9,11,29H,3-6,10,12H2,1-2H3,(H,28,30)/t22-/m0/s1. The monoisotopic (exact) mass is 532 g/mol. The Kier molecular flexibility index (Phi) is 8.32. The number of alkyl halides is 3. The zero-order chi connectivity index (χ0) is 25.8. The van der Waals surface area contributed by atoms with Gasteiger partial charge in [0.25, 0.3) is 5.91 Å². The third-order valence-electron chi connectivity index (χ3n) is 5.54. The van der Waals surface area contributed by atoms with E-state index < -0.39 is 29.7 Å². The van der Waals surface area contributed by atoms with Crippen molar-refractivity contribution in [2.75, 3.05) is 19.0 Å². The Bertz CT molecular complexity index is 1120. The summed E-state index contributed by atoms with van der Waals surface area (Å²) in [4.78, 5) is 39.1. The van der Waals surface area contributed by atoms with Gasteiger partial charge >= 0.3 is 23.8 Å². The molecule has 1 heterocycles. The van der Waals surface area contributed by atoms with Crippen molar-refractivity contribution >= 4 is 45.8 Å². The van der Waals surface area contributed by atoms with Crippen LogP contribution in [0, 0.1) is 0 Å². The summed E-state index contributed by atoms with van der Waals surface area (Å²) in [6.07, 6.45) is -1.87. The van der Waals surface area contributed by atoms with Crippen LogP contribution in [0.3, 0.4) is 0 Å². The Balaban J connectivity index is 2.16. The van der Waals surface area contributed by atoms with Gasteiger partial charge in [-0.05, 0) is 50.3 Å². The summed E-state index contributed by atoms with van der Waals surface area (Å²) >= 11 is 6.92. The van der Waals surface area contributed by atoms with E-state index in [-0.39, 0.29) is 27.8 Å². The number of rotatable bonds is 7. The molecule has 1 aromatic heterocycles. The van der Waals surface area contributed by atoms with E-state index >= 15 is 0 Å². The van der Waals surface area contributed by atoms with Gasteiger partial charge in [0.1, 0.15) is 5.00 Å². The molecule has 0 saturated heterocycles. The molecular weight excluding hydrogens is 509 g/mol. The second kappa shape index (κ2) is 10.9. The molecule has 2 aromatic rings. The molecule has 12 heteroatoms. The molecule has 0 bridgehead atoms. The van der Waals surface area contributed by atoms with Gasteiger partial charge < -0.3 is 20.1 Å². The average Bonchev–Trinajstić information content (AvgIpc) is 2.97. The van der Waals surface area contributed by atoms with E-state index in [4.69, 9.17) is 21.1 Å². The number of fused-ring (bicyclic) bond motifs is 1. The highest BCUT2D eigenvalue weighted by Crippen LogP contribution is 2.42. The highest BCUT2D eigenvalue weighted by molar-refractivity contribution is 7.16. The Morgan fingerprint density at radius 1 is 1.11 bits per heavy atom. The fourth-order valence-electron chi connectivity index (χ4n) is 3.83. The molecule has 190 valence electrons. The predicted molar refractivity (Wildman–Crippen MR) is 125 cm³/mol. The minimum Gasteiger partial charge on any atom is -0.465 e. The second-order valence-corrected chi connectivity index (χ2v) is 9.30. The number of methoxy groups -OCH3 is 1. The lowest BCUT2D eigenvalue weighted by Gasteiger charge is -2.35. The first-order valence-electron chi connectivity index (χ1n) is 10.9. The summed E-state index contributed by atoms with van der Waals surface area (Å²) in [6, 6.07) is 5.47. The van der Waals surface area contributed by atoms with E-state index in [1.54, 1.807) is 5.32 Å². The van der Waals surface area contributed by atoms with Crippen LogP contribution in [0.4, 0.5) is 18.2 Å². The van der Waals surface area contributed by atoms with Gasteiger partial charge in [0.2, 0.25) is 0 Å². The largest absolute Gasteiger partial charge is 0.465 e. The van der Waals surface area contributed by atoms with Crippen molar-refractivity contribution in [1.29, 1.82) is 0 Å². The molecule has 1 aliphatic rings. The van der Waals surface area contributed by atoms with Crippen molar-refractivity contribution < 1.29 is 37.0 Å². The molecule has 0 saturated carbocycles. The SMILES string of the molecule is CCOC(=O)[C@](NC(=O)c1ccccc1Cl)(Nc1sc2c(c1C(=O)OC)CCCCC2)C(F)(F)F. The zero-order valence-electron chi connectivity index (χ0n) is 19.0. The fourth-order valence-corrected chi connectivity index (χ4v) is 5.39. The van der Waals surface area contributed by atoms with Crippen LogP contribution in [0.2, 0.25) is 5.02 Å². The number of carbonyl (C=O) groups excluding carboxylic acids is 3. The molecule has 1 aliphatic carbocycles. The van der Waals surface area contributed by atoms with Gasteiger partial charge in [-0.25, -0.2) is 9.59 Å². The number of nitrogens with one attached hydrogen (secondary N) is 2. The highest BCUT2D eigenvalue weighted by atomic mass is 35.5. The molecule has 0 aliphatic heterocycles. The first-order valence-corrected chi connectivity index (χ1v) is 12.1. The lowest BCUT2D eigenvalue weighted by atomic mass is 10.0. The van der Waals surface area contributed by atoms with E-state index in [1.807, 2.05) is 0 Å². The predicted octanol–water partition coefficient (Wildman–Crippen LogP) is 5.12. The van der Waals surface area contributed by atoms with Gasteiger partial charge in [-0.3, -0.25) is 4.79 Å². The van der Waals surface area contributed by atoms with Crippen molar-refractivity contribution in [2.45, 2.75) is 50.9 Å². The molecule has 0 fully saturated rings. The van der Waals surface area contributed by atoms with Crippen LogP contribution in [-0.4, -0.2) is 43.4 Å². The first kappa shape index (κ1) is 26.8. The number of thiophene rings is 1. The number of benzene rings is 1. The van der Waals surface area contributed by atoms with Gasteiger partial charge in [0, 0.05) is 4.88 Å². The van der Waals surface area contributed by atoms with Crippen molar-refractivity contribution in [3.05, 3.63) is 50.9 Å². The maximum absolute atomic E-state index is 14.7. The third kappa shape index (κ3) is 5.40. The van der Waals surface area contributed by atoms with E-state index in [0.29, 0.717) is 18.4 Å². The van der Waals surface area contributed by atoms with Crippen molar-refractivity contribution in [2.24, 2.45) is 0 Å². The number of esters is 2. The lowest BCUT2D eigenvalue weighted by Crippen LogP contribution is -2.69. The van der Waals surface area contributed by atoms with Gasteiger partial charge in [0.05, 0.1) is 29.9 Å². The summed E-state index contributed by atoms with van der Waals surface area (Å²) in [7, 11) is 1.12.